The molecule has 4 heteroatoms. The number of terminal acetylenes is 1. The molecule has 0 saturated carbocycles. The lowest BCUT2D eigenvalue weighted by Crippen LogP contribution is -2.40. The van der Waals surface area contributed by atoms with Gasteiger partial charge in [-0.25, -0.2) is 0 Å². The van der Waals surface area contributed by atoms with E-state index in [-0.39, 0.29) is 16.7 Å². The number of non-ortho nitro benzene ring substituents is 1. The first-order valence-corrected chi connectivity index (χ1v) is 6.39. The van der Waals surface area contributed by atoms with Gasteiger partial charge in [0.15, 0.2) is 0 Å². The summed E-state index contributed by atoms with van der Waals surface area (Å²) in [6.07, 6.45) is 7.34. The maximum Gasteiger partial charge on any atom is 0.269 e. The van der Waals surface area contributed by atoms with Gasteiger partial charge in [-0.3, -0.25) is 15.4 Å². The molecule has 0 amide bonds. The van der Waals surface area contributed by atoms with Crippen LogP contribution in [-0.2, 0) is 0 Å². The van der Waals surface area contributed by atoms with Crippen molar-refractivity contribution in [2.24, 2.45) is 0 Å². The molecular formula is C15H20N2O2. The van der Waals surface area contributed by atoms with E-state index < -0.39 is 5.54 Å². The van der Waals surface area contributed by atoms with E-state index in [1.54, 1.807) is 12.1 Å². The molecule has 0 aliphatic heterocycles. The van der Waals surface area contributed by atoms with Gasteiger partial charge < -0.3 is 0 Å². The van der Waals surface area contributed by atoms with Crippen LogP contribution in [0.15, 0.2) is 24.3 Å². The van der Waals surface area contributed by atoms with Crippen LogP contribution in [0.3, 0.4) is 0 Å². The Kier molecular flexibility index (Phi) is 5.08. The van der Waals surface area contributed by atoms with Crippen LogP contribution in [0.1, 0.15) is 45.2 Å². The van der Waals surface area contributed by atoms with Crippen LogP contribution in [0.25, 0.3) is 0 Å². The monoisotopic (exact) mass is 260 g/mol. The lowest BCUT2D eigenvalue weighted by atomic mass is 9.97. The van der Waals surface area contributed by atoms with Crippen molar-refractivity contribution in [2.45, 2.75) is 45.2 Å². The number of nitro benzene ring substituents is 1. The van der Waals surface area contributed by atoms with Crippen molar-refractivity contribution in [1.29, 1.82) is 0 Å². The van der Waals surface area contributed by atoms with Crippen molar-refractivity contribution >= 4 is 5.69 Å². The van der Waals surface area contributed by atoms with Crippen molar-refractivity contribution in [2.75, 3.05) is 0 Å². The first-order chi connectivity index (χ1) is 8.89. The molecule has 1 unspecified atom stereocenters. The molecule has 0 heterocycles. The van der Waals surface area contributed by atoms with Crippen LogP contribution in [0.2, 0.25) is 0 Å². The zero-order valence-electron chi connectivity index (χ0n) is 11.6. The minimum atomic E-state index is -0.440. The summed E-state index contributed by atoms with van der Waals surface area (Å²) >= 11 is 0. The average molecular weight is 260 g/mol. The Morgan fingerprint density at radius 1 is 1.53 bits per heavy atom. The molecule has 4 nitrogen and oxygen atoms in total. The highest BCUT2D eigenvalue weighted by molar-refractivity contribution is 5.36. The van der Waals surface area contributed by atoms with Gasteiger partial charge in [0.2, 0.25) is 0 Å². The maximum absolute atomic E-state index is 10.8. The van der Waals surface area contributed by atoms with E-state index >= 15 is 0 Å². The molecule has 0 saturated heterocycles. The molecule has 0 spiro atoms. The number of nitrogens with zero attached hydrogens (tertiary/aromatic N) is 1. The van der Waals surface area contributed by atoms with E-state index in [4.69, 9.17) is 6.42 Å². The molecule has 0 aliphatic rings. The minimum Gasteiger partial charge on any atom is -0.295 e. The fraction of sp³-hybridized carbons (Fsp3) is 0.467. The second kappa shape index (κ2) is 6.35. The standard InChI is InChI=1S/C15H20N2O2/c1-5-8-14(16-15(3,4)6-2)12-9-7-10-13(11-12)17(18)19/h2,7,9-11,14,16H,5,8H2,1,3-4H3. The first kappa shape index (κ1) is 15.2. The number of benzene rings is 1. The van der Waals surface area contributed by atoms with Crippen molar-refractivity contribution < 1.29 is 4.92 Å². The smallest absolute Gasteiger partial charge is 0.269 e. The third-order valence-corrected chi connectivity index (χ3v) is 2.96. The van der Waals surface area contributed by atoms with Gasteiger partial charge in [0, 0.05) is 18.2 Å². The fourth-order valence-electron chi connectivity index (χ4n) is 1.94. The zero-order valence-corrected chi connectivity index (χ0v) is 11.6. The molecule has 0 fully saturated rings. The quantitative estimate of drug-likeness (QED) is 0.484. The molecule has 102 valence electrons. The second-order valence-corrected chi connectivity index (χ2v) is 5.11. The predicted octanol–water partition coefficient (Wildman–Crippen LogP) is 3.44. The molecule has 19 heavy (non-hydrogen) atoms. The molecule has 0 aromatic heterocycles. The minimum absolute atomic E-state index is 0.0240. The first-order valence-electron chi connectivity index (χ1n) is 6.39. The number of nitro groups is 1. The van der Waals surface area contributed by atoms with Gasteiger partial charge in [-0.05, 0) is 25.8 Å². The lowest BCUT2D eigenvalue weighted by molar-refractivity contribution is -0.384. The topological polar surface area (TPSA) is 55.2 Å². The summed E-state index contributed by atoms with van der Waals surface area (Å²) in [4.78, 5) is 10.5. The third-order valence-electron chi connectivity index (χ3n) is 2.96. The Hall–Kier alpha value is -1.86. The van der Waals surface area contributed by atoms with E-state index in [0.717, 1.165) is 18.4 Å². The molecule has 1 N–H and O–H groups in total. The normalized spacial score (nSPS) is 12.7. The Morgan fingerprint density at radius 2 is 2.21 bits per heavy atom. The van der Waals surface area contributed by atoms with Gasteiger partial charge in [-0.2, -0.15) is 0 Å². The summed E-state index contributed by atoms with van der Waals surface area (Å²) in [5.74, 6) is 2.69. The van der Waals surface area contributed by atoms with Gasteiger partial charge in [-0.1, -0.05) is 31.4 Å². The van der Waals surface area contributed by atoms with E-state index in [1.165, 1.54) is 6.07 Å². The third kappa shape index (κ3) is 4.38. The molecule has 1 aromatic carbocycles. The Balaban J connectivity index is 3.02. The average Bonchev–Trinajstić information content (AvgIpc) is 2.38. The Bertz CT molecular complexity index is 489. The number of hydrogen-bond donors (Lipinski definition) is 1. The van der Waals surface area contributed by atoms with Crippen LogP contribution in [0.5, 0.6) is 0 Å². The summed E-state index contributed by atoms with van der Waals surface area (Å²) < 4.78 is 0. The molecule has 1 aromatic rings. The van der Waals surface area contributed by atoms with Crippen LogP contribution >= 0.6 is 0 Å². The highest BCUT2D eigenvalue weighted by atomic mass is 16.6. The van der Waals surface area contributed by atoms with Crippen molar-refractivity contribution in [1.82, 2.24) is 5.32 Å². The SMILES string of the molecule is C#CC(C)(C)NC(CCC)c1cccc([N+](=O)[O-])c1. The second-order valence-electron chi connectivity index (χ2n) is 5.11. The van der Waals surface area contributed by atoms with Gasteiger partial charge in [0.05, 0.1) is 10.5 Å². The number of rotatable bonds is 6. The molecule has 1 rings (SSSR count). The van der Waals surface area contributed by atoms with Crippen molar-refractivity contribution in [3.05, 3.63) is 39.9 Å². The maximum atomic E-state index is 10.8. The Labute approximate surface area is 114 Å². The van der Waals surface area contributed by atoms with Crippen LogP contribution in [0.4, 0.5) is 5.69 Å². The van der Waals surface area contributed by atoms with Crippen molar-refractivity contribution in [3.8, 4) is 12.3 Å². The van der Waals surface area contributed by atoms with Crippen LogP contribution in [-0.4, -0.2) is 10.5 Å². The van der Waals surface area contributed by atoms with E-state index in [9.17, 15) is 10.1 Å². The van der Waals surface area contributed by atoms with Gasteiger partial charge in [-0.15, -0.1) is 6.42 Å². The molecule has 1 atom stereocenters. The largest absolute Gasteiger partial charge is 0.295 e. The fourth-order valence-corrected chi connectivity index (χ4v) is 1.94. The van der Waals surface area contributed by atoms with Gasteiger partial charge >= 0.3 is 0 Å². The molecule has 0 aliphatic carbocycles. The molecule has 0 bridgehead atoms. The summed E-state index contributed by atoms with van der Waals surface area (Å²) in [6, 6.07) is 6.74. The lowest BCUT2D eigenvalue weighted by Gasteiger charge is -2.28. The van der Waals surface area contributed by atoms with E-state index in [0.29, 0.717) is 0 Å². The summed E-state index contributed by atoms with van der Waals surface area (Å²) in [7, 11) is 0. The van der Waals surface area contributed by atoms with Crippen LogP contribution in [0, 0.1) is 22.5 Å². The zero-order chi connectivity index (χ0) is 14.5. The Morgan fingerprint density at radius 3 is 2.74 bits per heavy atom. The highest BCUT2D eigenvalue weighted by Gasteiger charge is 2.21. The molecular weight excluding hydrogens is 240 g/mol. The van der Waals surface area contributed by atoms with Crippen LogP contribution < -0.4 is 5.32 Å². The summed E-state index contributed by atoms with van der Waals surface area (Å²) in [5, 5.41) is 14.2. The summed E-state index contributed by atoms with van der Waals surface area (Å²) in [5.41, 5.74) is 0.572. The van der Waals surface area contributed by atoms with Gasteiger partial charge in [0.25, 0.3) is 5.69 Å². The van der Waals surface area contributed by atoms with E-state index in [1.807, 2.05) is 19.9 Å². The van der Waals surface area contributed by atoms with Crippen molar-refractivity contribution in [3.63, 3.8) is 0 Å². The predicted molar refractivity (Wildman–Crippen MR) is 76.8 cm³/mol. The highest BCUT2D eigenvalue weighted by Crippen LogP contribution is 2.24. The number of hydrogen-bond acceptors (Lipinski definition) is 3. The van der Waals surface area contributed by atoms with E-state index in [2.05, 4.69) is 18.2 Å². The summed E-state index contributed by atoms with van der Waals surface area (Å²) in [6.45, 7) is 5.93. The number of nitrogens with one attached hydrogen (secondary N) is 1. The van der Waals surface area contributed by atoms with Gasteiger partial charge in [0.1, 0.15) is 0 Å². The molecule has 0 radical (unpaired) electrons.